The Morgan fingerprint density at radius 1 is 1.19 bits per heavy atom. The molecule has 1 heterocycles. The van der Waals surface area contributed by atoms with E-state index in [0.717, 1.165) is 12.0 Å². The largest absolute Gasteiger partial charge is 0.245 e. The summed E-state index contributed by atoms with van der Waals surface area (Å²) in [4.78, 5) is 4.09. The number of nitriles is 1. The highest BCUT2D eigenvalue weighted by molar-refractivity contribution is 5.66. The lowest BCUT2D eigenvalue weighted by Crippen LogP contribution is -1.89. The van der Waals surface area contributed by atoms with E-state index in [-0.39, 0.29) is 0 Å². The van der Waals surface area contributed by atoms with Gasteiger partial charge in [-0.3, -0.25) is 0 Å². The molecule has 0 saturated heterocycles. The highest BCUT2D eigenvalue weighted by Gasteiger charge is 2.03. The number of rotatable bonds is 2. The van der Waals surface area contributed by atoms with E-state index in [9.17, 15) is 0 Å². The van der Waals surface area contributed by atoms with Crippen LogP contribution in [0.3, 0.4) is 0 Å². The van der Waals surface area contributed by atoms with Crippen molar-refractivity contribution in [2.45, 2.75) is 13.3 Å². The monoisotopic (exact) mass is 208 g/mol. The van der Waals surface area contributed by atoms with Gasteiger partial charge in [-0.2, -0.15) is 5.26 Å². The Kier molecular flexibility index (Phi) is 2.98. The highest BCUT2D eigenvalue weighted by Crippen LogP contribution is 2.23. The van der Waals surface area contributed by atoms with Gasteiger partial charge in [-0.05, 0) is 29.7 Å². The zero-order chi connectivity index (χ0) is 11.4. The summed E-state index contributed by atoms with van der Waals surface area (Å²) in [5.41, 5.74) is 4.02. The second-order valence-corrected chi connectivity index (χ2v) is 3.55. The number of benzene rings is 1. The number of hydrogen-bond acceptors (Lipinski definition) is 2. The molecule has 0 spiro atoms. The fraction of sp³-hybridized carbons (Fsp3) is 0.143. The third-order valence-electron chi connectivity index (χ3n) is 2.59. The molecule has 0 atom stereocenters. The summed E-state index contributed by atoms with van der Waals surface area (Å²) in [6, 6.07) is 14.0. The molecule has 0 radical (unpaired) electrons. The summed E-state index contributed by atoms with van der Waals surface area (Å²) < 4.78 is 0. The maximum atomic E-state index is 8.69. The van der Waals surface area contributed by atoms with E-state index in [1.54, 1.807) is 12.3 Å². The molecule has 0 aliphatic heterocycles. The Labute approximate surface area is 95.2 Å². The maximum Gasteiger partial charge on any atom is 0.140 e. The lowest BCUT2D eigenvalue weighted by atomic mass is 9.99. The minimum atomic E-state index is 0.456. The van der Waals surface area contributed by atoms with Gasteiger partial charge in [-0.15, -0.1) is 0 Å². The van der Waals surface area contributed by atoms with E-state index in [0.29, 0.717) is 5.69 Å². The Bertz CT molecular complexity index is 521. The summed E-state index contributed by atoms with van der Waals surface area (Å²) in [6.07, 6.45) is 2.75. The second kappa shape index (κ2) is 4.59. The van der Waals surface area contributed by atoms with E-state index in [4.69, 9.17) is 5.26 Å². The summed E-state index contributed by atoms with van der Waals surface area (Å²) in [7, 11) is 0. The van der Waals surface area contributed by atoms with Crippen molar-refractivity contribution >= 4 is 0 Å². The molecule has 2 nitrogen and oxygen atoms in total. The predicted octanol–water partition coefficient (Wildman–Crippen LogP) is 3.18. The van der Waals surface area contributed by atoms with Gasteiger partial charge in [0.15, 0.2) is 0 Å². The van der Waals surface area contributed by atoms with Crippen LogP contribution in [0.2, 0.25) is 0 Å². The van der Waals surface area contributed by atoms with Crippen LogP contribution in [-0.4, -0.2) is 4.98 Å². The molecule has 2 heteroatoms. The van der Waals surface area contributed by atoms with Gasteiger partial charge in [-0.25, -0.2) is 4.98 Å². The molecule has 2 aromatic rings. The molecule has 2 rings (SSSR count). The maximum absolute atomic E-state index is 8.69. The van der Waals surface area contributed by atoms with Crippen molar-refractivity contribution in [3.8, 4) is 17.2 Å². The minimum absolute atomic E-state index is 0.456. The molecular formula is C14H12N2. The first-order chi connectivity index (χ1) is 7.85. The van der Waals surface area contributed by atoms with E-state index in [1.165, 1.54) is 11.1 Å². The molecule has 0 N–H and O–H groups in total. The first kappa shape index (κ1) is 10.4. The molecular weight excluding hydrogens is 196 g/mol. The van der Waals surface area contributed by atoms with Crippen molar-refractivity contribution in [3.63, 3.8) is 0 Å². The van der Waals surface area contributed by atoms with Gasteiger partial charge in [-0.1, -0.05) is 31.2 Å². The number of nitrogens with zero attached hydrogens (tertiary/aromatic N) is 2. The van der Waals surface area contributed by atoms with Gasteiger partial charge in [0.05, 0.1) is 0 Å². The van der Waals surface area contributed by atoms with Crippen molar-refractivity contribution < 1.29 is 0 Å². The number of hydrogen-bond donors (Lipinski definition) is 0. The predicted molar refractivity (Wildman–Crippen MR) is 63.8 cm³/mol. The third kappa shape index (κ3) is 1.94. The standard InChI is InChI=1S/C14H12N2/c1-2-11-5-3-4-6-14(11)12-7-8-13(9-15)16-10-12/h3-8,10H,2H2,1H3. The van der Waals surface area contributed by atoms with Crippen molar-refractivity contribution in [2.24, 2.45) is 0 Å². The molecule has 0 aliphatic rings. The molecule has 0 fully saturated rings. The van der Waals surface area contributed by atoms with E-state index < -0.39 is 0 Å². The summed E-state index contributed by atoms with van der Waals surface area (Å²) in [5.74, 6) is 0. The van der Waals surface area contributed by atoms with Crippen molar-refractivity contribution in [3.05, 3.63) is 53.9 Å². The molecule has 1 aromatic carbocycles. The quantitative estimate of drug-likeness (QED) is 0.760. The average molecular weight is 208 g/mol. The molecule has 0 unspecified atom stereocenters. The van der Waals surface area contributed by atoms with Gasteiger partial charge in [0.2, 0.25) is 0 Å². The summed E-state index contributed by atoms with van der Waals surface area (Å²) >= 11 is 0. The fourth-order valence-electron chi connectivity index (χ4n) is 1.73. The minimum Gasteiger partial charge on any atom is -0.245 e. The Morgan fingerprint density at radius 3 is 2.62 bits per heavy atom. The zero-order valence-electron chi connectivity index (χ0n) is 9.14. The lowest BCUT2D eigenvalue weighted by molar-refractivity contribution is 1.14. The van der Waals surface area contributed by atoms with Crippen molar-refractivity contribution in [1.82, 2.24) is 4.98 Å². The first-order valence-electron chi connectivity index (χ1n) is 5.29. The molecule has 0 aliphatic carbocycles. The van der Waals surface area contributed by atoms with Crippen LogP contribution in [0.25, 0.3) is 11.1 Å². The molecule has 0 bridgehead atoms. The topological polar surface area (TPSA) is 36.7 Å². The van der Waals surface area contributed by atoms with Crippen LogP contribution in [0.4, 0.5) is 0 Å². The Morgan fingerprint density at radius 2 is 2.00 bits per heavy atom. The SMILES string of the molecule is CCc1ccccc1-c1ccc(C#N)nc1. The molecule has 16 heavy (non-hydrogen) atoms. The van der Waals surface area contributed by atoms with E-state index in [2.05, 4.69) is 24.0 Å². The van der Waals surface area contributed by atoms with Crippen LogP contribution in [0, 0.1) is 11.3 Å². The Balaban J connectivity index is 2.47. The molecule has 1 aromatic heterocycles. The number of aryl methyl sites for hydroxylation is 1. The smallest absolute Gasteiger partial charge is 0.140 e. The average Bonchev–Trinajstić information content (AvgIpc) is 2.39. The number of aromatic nitrogens is 1. The summed E-state index contributed by atoms with van der Waals surface area (Å²) in [6.45, 7) is 2.13. The van der Waals surface area contributed by atoms with Gasteiger partial charge in [0, 0.05) is 11.8 Å². The first-order valence-corrected chi connectivity index (χ1v) is 5.29. The normalized spacial score (nSPS) is 9.75. The highest BCUT2D eigenvalue weighted by atomic mass is 14.7. The van der Waals surface area contributed by atoms with Gasteiger partial charge < -0.3 is 0 Å². The zero-order valence-corrected chi connectivity index (χ0v) is 9.14. The number of pyridine rings is 1. The van der Waals surface area contributed by atoms with Crippen LogP contribution in [0.15, 0.2) is 42.6 Å². The lowest BCUT2D eigenvalue weighted by Gasteiger charge is -2.06. The molecule has 0 saturated carbocycles. The van der Waals surface area contributed by atoms with Gasteiger partial charge in [0.1, 0.15) is 11.8 Å². The fourth-order valence-corrected chi connectivity index (χ4v) is 1.73. The van der Waals surface area contributed by atoms with Crippen molar-refractivity contribution in [1.29, 1.82) is 5.26 Å². The van der Waals surface area contributed by atoms with E-state index in [1.807, 2.05) is 24.3 Å². The molecule has 0 amide bonds. The second-order valence-electron chi connectivity index (χ2n) is 3.55. The summed E-state index contributed by atoms with van der Waals surface area (Å²) in [5, 5.41) is 8.69. The van der Waals surface area contributed by atoms with Crippen LogP contribution in [0.1, 0.15) is 18.2 Å². The van der Waals surface area contributed by atoms with Gasteiger partial charge >= 0.3 is 0 Å². The van der Waals surface area contributed by atoms with Crippen LogP contribution in [-0.2, 0) is 6.42 Å². The van der Waals surface area contributed by atoms with Crippen LogP contribution in [0.5, 0.6) is 0 Å². The van der Waals surface area contributed by atoms with Gasteiger partial charge in [0.25, 0.3) is 0 Å². The van der Waals surface area contributed by atoms with Crippen molar-refractivity contribution in [2.75, 3.05) is 0 Å². The van der Waals surface area contributed by atoms with E-state index >= 15 is 0 Å². The van der Waals surface area contributed by atoms with Crippen LogP contribution >= 0.6 is 0 Å². The Hall–Kier alpha value is -2.14. The van der Waals surface area contributed by atoms with Crippen LogP contribution < -0.4 is 0 Å². The third-order valence-corrected chi connectivity index (χ3v) is 2.59. The molecule has 78 valence electrons.